The summed E-state index contributed by atoms with van der Waals surface area (Å²) in [6, 6.07) is 19.5. The lowest BCUT2D eigenvalue weighted by Crippen LogP contribution is -1.96. The molecule has 3 rings (SSSR count). The Bertz CT molecular complexity index is 549. The zero-order chi connectivity index (χ0) is 11.7. The van der Waals surface area contributed by atoms with Crippen molar-refractivity contribution in [3.05, 3.63) is 71.3 Å². The fourth-order valence-corrected chi connectivity index (χ4v) is 2.75. The molecule has 0 bridgehead atoms. The second kappa shape index (κ2) is 4.21. The number of benzene rings is 2. The van der Waals surface area contributed by atoms with Crippen molar-refractivity contribution in [2.24, 2.45) is 0 Å². The molecule has 0 amide bonds. The molecule has 0 aliphatic heterocycles. The van der Waals surface area contributed by atoms with Crippen molar-refractivity contribution in [3.63, 3.8) is 0 Å². The van der Waals surface area contributed by atoms with Crippen LogP contribution in [0, 0.1) is 0 Å². The van der Waals surface area contributed by atoms with E-state index < -0.39 is 0 Å². The standard InChI is InChI=1S/C17H16/c1-2-15-16-11-7-6-10-14(16)12-17(15)13-8-4-3-5-9-13/h3-12,15H,2H2,1H3. The summed E-state index contributed by atoms with van der Waals surface area (Å²) in [7, 11) is 0. The van der Waals surface area contributed by atoms with Crippen LogP contribution < -0.4 is 0 Å². The van der Waals surface area contributed by atoms with E-state index in [0.717, 1.165) is 6.42 Å². The van der Waals surface area contributed by atoms with Crippen molar-refractivity contribution in [1.82, 2.24) is 0 Å². The first-order valence-electron chi connectivity index (χ1n) is 6.26. The van der Waals surface area contributed by atoms with Crippen LogP contribution in [0.2, 0.25) is 0 Å². The number of hydrogen-bond donors (Lipinski definition) is 0. The third-order valence-corrected chi connectivity index (χ3v) is 3.57. The van der Waals surface area contributed by atoms with Gasteiger partial charge in [0.1, 0.15) is 0 Å². The Balaban J connectivity index is 2.09. The molecule has 0 saturated heterocycles. The van der Waals surface area contributed by atoms with Gasteiger partial charge in [0.05, 0.1) is 0 Å². The molecule has 17 heavy (non-hydrogen) atoms. The van der Waals surface area contributed by atoms with Crippen LogP contribution in [0.25, 0.3) is 11.6 Å². The van der Waals surface area contributed by atoms with Gasteiger partial charge in [-0.3, -0.25) is 0 Å². The first-order chi connectivity index (χ1) is 8.40. The van der Waals surface area contributed by atoms with Gasteiger partial charge in [-0.2, -0.15) is 0 Å². The lowest BCUT2D eigenvalue weighted by molar-refractivity contribution is 0.834. The third kappa shape index (κ3) is 1.70. The predicted molar refractivity (Wildman–Crippen MR) is 73.8 cm³/mol. The Morgan fingerprint density at radius 2 is 1.59 bits per heavy atom. The molecule has 0 heteroatoms. The van der Waals surface area contributed by atoms with E-state index in [-0.39, 0.29) is 0 Å². The fourth-order valence-electron chi connectivity index (χ4n) is 2.75. The van der Waals surface area contributed by atoms with Gasteiger partial charge < -0.3 is 0 Å². The largest absolute Gasteiger partial charge is 0.0645 e. The topological polar surface area (TPSA) is 0 Å². The lowest BCUT2D eigenvalue weighted by atomic mass is 9.89. The fraction of sp³-hybridized carbons (Fsp3) is 0.176. The van der Waals surface area contributed by atoms with Crippen LogP contribution in [-0.2, 0) is 0 Å². The molecule has 0 heterocycles. The maximum Gasteiger partial charge on any atom is 0.00988 e. The second-order valence-electron chi connectivity index (χ2n) is 4.56. The van der Waals surface area contributed by atoms with E-state index in [1.165, 1.54) is 22.3 Å². The molecule has 0 fully saturated rings. The second-order valence-corrected chi connectivity index (χ2v) is 4.56. The Morgan fingerprint density at radius 1 is 0.882 bits per heavy atom. The molecule has 0 saturated carbocycles. The summed E-state index contributed by atoms with van der Waals surface area (Å²) in [4.78, 5) is 0. The Labute approximate surface area is 103 Å². The zero-order valence-corrected chi connectivity index (χ0v) is 10.1. The van der Waals surface area contributed by atoms with Gasteiger partial charge in [-0.15, -0.1) is 0 Å². The van der Waals surface area contributed by atoms with Crippen LogP contribution >= 0.6 is 0 Å². The van der Waals surface area contributed by atoms with E-state index in [9.17, 15) is 0 Å². The SMILES string of the molecule is CCC1C(c2ccccc2)=Cc2ccccc21. The van der Waals surface area contributed by atoms with Crippen LogP contribution in [0.15, 0.2) is 54.6 Å². The van der Waals surface area contributed by atoms with Crippen molar-refractivity contribution < 1.29 is 0 Å². The molecule has 0 spiro atoms. The molecule has 1 atom stereocenters. The zero-order valence-electron chi connectivity index (χ0n) is 10.1. The highest BCUT2D eigenvalue weighted by atomic mass is 14.3. The molecule has 0 N–H and O–H groups in total. The molecule has 0 radical (unpaired) electrons. The summed E-state index contributed by atoms with van der Waals surface area (Å²) in [5.41, 5.74) is 5.69. The molecule has 0 nitrogen and oxygen atoms in total. The predicted octanol–water partition coefficient (Wildman–Crippen LogP) is 4.73. The highest BCUT2D eigenvalue weighted by molar-refractivity contribution is 5.91. The van der Waals surface area contributed by atoms with Crippen molar-refractivity contribution in [2.75, 3.05) is 0 Å². The van der Waals surface area contributed by atoms with E-state index >= 15 is 0 Å². The average molecular weight is 220 g/mol. The summed E-state index contributed by atoms with van der Waals surface area (Å²) < 4.78 is 0. The summed E-state index contributed by atoms with van der Waals surface area (Å²) in [6.45, 7) is 2.27. The Hall–Kier alpha value is -1.82. The smallest absolute Gasteiger partial charge is 0.00988 e. The maximum atomic E-state index is 2.35. The molecular weight excluding hydrogens is 204 g/mol. The van der Waals surface area contributed by atoms with Gasteiger partial charge in [-0.25, -0.2) is 0 Å². The highest BCUT2D eigenvalue weighted by Crippen LogP contribution is 2.43. The van der Waals surface area contributed by atoms with E-state index in [1.807, 2.05) is 0 Å². The van der Waals surface area contributed by atoms with Crippen LogP contribution in [0.4, 0.5) is 0 Å². The Kier molecular flexibility index (Phi) is 2.56. The van der Waals surface area contributed by atoms with Crippen molar-refractivity contribution in [1.29, 1.82) is 0 Å². The number of hydrogen-bond acceptors (Lipinski definition) is 0. The van der Waals surface area contributed by atoms with E-state index in [0.29, 0.717) is 5.92 Å². The van der Waals surface area contributed by atoms with Crippen molar-refractivity contribution in [3.8, 4) is 0 Å². The van der Waals surface area contributed by atoms with Gasteiger partial charge >= 0.3 is 0 Å². The molecule has 1 unspecified atom stereocenters. The summed E-state index contributed by atoms with van der Waals surface area (Å²) in [6.07, 6.45) is 3.51. The lowest BCUT2D eigenvalue weighted by Gasteiger charge is -2.14. The monoisotopic (exact) mass is 220 g/mol. The summed E-state index contributed by atoms with van der Waals surface area (Å²) in [5, 5.41) is 0. The van der Waals surface area contributed by atoms with Crippen LogP contribution in [-0.4, -0.2) is 0 Å². The maximum absolute atomic E-state index is 2.35. The number of allylic oxidation sites excluding steroid dienone is 1. The van der Waals surface area contributed by atoms with Crippen molar-refractivity contribution in [2.45, 2.75) is 19.3 Å². The van der Waals surface area contributed by atoms with Crippen LogP contribution in [0.5, 0.6) is 0 Å². The quantitative estimate of drug-likeness (QED) is 0.686. The minimum Gasteiger partial charge on any atom is -0.0645 e. The molecule has 1 aliphatic rings. The van der Waals surface area contributed by atoms with Crippen molar-refractivity contribution >= 4 is 11.6 Å². The summed E-state index contributed by atoms with van der Waals surface area (Å²) >= 11 is 0. The molecular formula is C17H16. The molecule has 0 aromatic heterocycles. The molecule has 2 aromatic rings. The third-order valence-electron chi connectivity index (χ3n) is 3.57. The van der Waals surface area contributed by atoms with E-state index in [1.54, 1.807) is 0 Å². The van der Waals surface area contributed by atoms with Gasteiger partial charge in [0.2, 0.25) is 0 Å². The van der Waals surface area contributed by atoms with Gasteiger partial charge in [-0.05, 0) is 28.7 Å². The average Bonchev–Trinajstić information content (AvgIpc) is 2.78. The first kappa shape index (κ1) is 10.3. The molecule has 2 aromatic carbocycles. The molecule has 1 aliphatic carbocycles. The van der Waals surface area contributed by atoms with Gasteiger partial charge in [-0.1, -0.05) is 67.6 Å². The van der Waals surface area contributed by atoms with Crippen LogP contribution in [0.1, 0.15) is 36.0 Å². The normalized spacial score (nSPS) is 17.7. The summed E-state index contributed by atoms with van der Waals surface area (Å²) in [5.74, 6) is 0.564. The number of rotatable bonds is 2. The van der Waals surface area contributed by atoms with E-state index in [4.69, 9.17) is 0 Å². The number of fused-ring (bicyclic) bond motifs is 1. The first-order valence-corrected chi connectivity index (χ1v) is 6.26. The van der Waals surface area contributed by atoms with Gasteiger partial charge in [0.25, 0.3) is 0 Å². The van der Waals surface area contributed by atoms with E-state index in [2.05, 4.69) is 67.6 Å². The minimum absolute atomic E-state index is 0.564. The van der Waals surface area contributed by atoms with Gasteiger partial charge in [0, 0.05) is 5.92 Å². The Morgan fingerprint density at radius 3 is 2.35 bits per heavy atom. The van der Waals surface area contributed by atoms with Crippen LogP contribution in [0.3, 0.4) is 0 Å². The van der Waals surface area contributed by atoms with Gasteiger partial charge in [0.15, 0.2) is 0 Å². The highest BCUT2D eigenvalue weighted by Gasteiger charge is 2.23. The molecule has 84 valence electrons. The minimum atomic E-state index is 0.564.